The number of aliphatic imine (C=N–C) groups is 2. The minimum atomic E-state index is -4.52. The number of rotatable bonds is 1. The second kappa shape index (κ2) is 6.58. The number of amides is 2. The number of hydrogen-bond acceptors (Lipinski definition) is 7. The average Bonchev–Trinajstić information content (AvgIpc) is 2.89. The van der Waals surface area contributed by atoms with Crippen molar-refractivity contribution in [2.45, 2.75) is 18.8 Å². The average molecular weight is 416 g/mol. The Kier molecular flexibility index (Phi) is 4.26. The van der Waals surface area contributed by atoms with Gasteiger partial charge in [0, 0.05) is 18.2 Å². The van der Waals surface area contributed by atoms with Crippen LogP contribution in [0.15, 0.2) is 58.5 Å². The number of alkyl halides is 3. The molecule has 2 amide bonds. The molecule has 1 spiro atoms. The van der Waals surface area contributed by atoms with Crippen molar-refractivity contribution in [2.24, 2.45) is 15.7 Å². The third-order valence-corrected chi connectivity index (χ3v) is 4.59. The summed E-state index contributed by atoms with van der Waals surface area (Å²) in [5.74, 6) is -1.54. The lowest BCUT2D eigenvalue weighted by Crippen LogP contribution is -2.51. The quantitative estimate of drug-likeness (QED) is 0.660. The fourth-order valence-electron chi connectivity index (χ4n) is 3.38. The predicted molar refractivity (Wildman–Crippen MR) is 104 cm³/mol. The minimum absolute atomic E-state index is 0.0723. The second-order valence-electron chi connectivity index (χ2n) is 6.63. The van der Waals surface area contributed by atoms with E-state index in [1.165, 1.54) is 19.1 Å². The number of guanidine groups is 2. The van der Waals surface area contributed by atoms with E-state index in [2.05, 4.69) is 20.6 Å². The van der Waals surface area contributed by atoms with E-state index < -0.39 is 29.2 Å². The van der Waals surface area contributed by atoms with Crippen LogP contribution in [-0.2, 0) is 21.4 Å². The summed E-state index contributed by atoms with van der Waals surface area (Å²) in [6, 6.07) is 10.9. The molecule has 0 fully saturated rings. The van der Waals surface area contributed by atoms with Gasteiger partial charge in [0.2, 0.25) is 11.9 Å². The van der Waals surface area contributed by atoms with Gasteiger partial charge in [0.15, 0.2) is 5.96 Å². The zero-order chi connectivity index (χ0) is 21.7. The van der Waals surface area contributed by atoms with Crippen molar-refractivity contribution in [3.8, 4) is 0 Å². The lowest BCUT2D eigenvalue weighted by atomic mass is 10.0. The Morgan fingerprint density at radius 3 is 2.60 bits per heavy atom. The van der Waals surface area contributed by atoms with E-state index in [0.717, 1.165) is 17.0 Å². The molecule has 2 aliphatic heterocycles. The molecule has 0 aliphatic carbocycles. The largest absolute Gasteiger partial charge is 0.416 e. The zero-order valence-electron chi connectivity index (χ0n) is 15.5. The van der Waals surface area contributed by atoms with E-state index in [1.54, 1.807) is 24.3 Å². The second-order valence-corrected chi connectivity index (χ2v) is 6.63. The van der Waals surface area contributed by atoms with Gasteiger partial charge < -0.3 is 11.1 Å². The molecule has 0 saturated heterocycles. The highest BCUT2D eigenvalue weighted by Gasteiger charge is 2.54. The summed E-state index contributed by atoms with van der Waals surface area (Å²) in [5, 5.41) is 5.29. The Morgan fingerprint density at radius 2 is 1.90 bits per heavy atom. The van der Waals surface area contributed by atoms with Crippen LogP contribution in [0.3, 0.4) is 0 Å². The van der Waals surface area contributed by atoms with Crippen LogP contribution in [0, 0.1) is 0 Å². The van der Waals surface area contributed by atoms with Gasteiger partial charge in [-0.05, 0) is 24.3 Å². The standard InChI is InChI=1S/C19H15F3N6O2/c1-10(29)28-14-8-3-2-7-13(14)18(15(28)30)26-16(23)25-17(27-18)24-12-6-4-5-11(9-12)19(20,21)22/h2-9H,1H3,(H4,23,24,25,26,27)/t18-/m0/s1. The SMILES string of the molecule is CC(=O)N1C(=O)[C@]2(N=C(N)NC(Nc3cccc(C(F)(F)F)c3)=N2)c2ccccc21. The molecule has 4 N–H and O–H groups in total. The van der Waals surface area contributed by atoms with Crippen LogP contribution in [0.5, 0.6) is 0 Å². The Labute approximate surface area is 168 Å². The number of nitrogens with zero attached hydrogens (tertiary/aromatic N) is 3. The molecular weight excluding hydrogens is 401 g/mol. The first kappa shape index (κ1) is 19.4. The van der Waals surface area contributed by atoms with Crippen molar-refractivity contribution in [3.05, 3.63) is 59.7 Å². The number of carbonyl (C=O) groups excluding carboxylic acids is 2. The first-order chi connectivity index (χ1) is 14.1. The van der Waals surface area contributed by atoms with Crippen LogP contribution < -0.4 is 21.3 Å². The molecule has 4 rings (SSSR count). The van der Waals surface area contributed by atoms with Gasteiger partial charge in [-0.3, -0.25) is 14.9 Å². The van der Waals surface area contributed by atoms with Crippen molar-refractivity contribution in [2.75, 3.05) is 10.2 Å². The van der Waals surface area contributed by atoms with Crippen LogP contribution in [-0.4, -0.2) is 23.7 Å². The highest BCUT2D eigenvalue weighted by molar-refractivity contribution is 6.24. The topological polar surface area (TPSA) is 112 Å². The molecule has 30 heavy (non-hydrogen) atoms. The van der Waals surface area contributed by atoms with Crippen LogP contribution in [0.25, 0.3) is 0 Å². The molecule has 0 saturated carbocycles. The van der Waals surface area contributed by atoms with E-state index in [-0.39, 0.29) is 17.6 Å². The molecule has 0 aromatic heterocycles. The molecule has 0 unspecified atom stereocenters. The first-order valence-corrected chi connectivity index (χ1v) is 8.73. The van der Waals surface area contributed by atoms with Crippen LogP contribution in [0.4, 0.5) is 24.5 Å². The smallest absolute Gasteiger partial charge is 0.370 e. The molecule has 2 aromatic rings. The first-order valence-electron chi connectivity index (χ1n) is 8.73. The van der Waals surface area contributed by atoms with Gasteiger partial charge in [0.05, 0.1) is 11.3 Å². The molecule has 2 aliphatic rings. The Hall–Kier alpha value is -3.89. The highest BCUT2D eigenvalue weighted by atomic mass is 19.4. The van der Waals surface area contributed by atoms with Crippen molar-refractivity contribution >= 4 is 35.1 Å². The number of fused-ring (bicyclic) bond motifs is 2. The highest BCUT2D eigenvalue weighted by Crippen LogP contribution is 2.44. The van der Waals surface area contributed by atoms with Gasteiger partial charge in [-0.2, -0.15) is 13.2 Å². The number of halogens is 3. The van der Waals surface area contributed by atoms with Crippen molar-refractivity contribution < 1.29 is 22.8 Å². The van der Waals surface area contributed by atoms with Gasteiger partial charge in [-0.1, -0.05) is 24.3 Å². The summed E-state index contributed by atoms with van der Waals surface area (Å²) in [6.45, 7) is 1.23. The molecule has 154 valence electrons. The number of hydrogen-bond donors (Lipinski definition) is 3. The number of benzene rings is 2. The number of para-hydroxylation sites is 1. The minimum Gasteiger partial charge on any atom is -0.370 e. The molecule has 11 heteroatoms. The summed E-state index contributed by atoms with van der Waals surface area (Å²) in [6.07, 6.45) is -4.52. The van der Waals surface area contributed by atoms with E-state index in [1.807, 2.05) is 0 Å². The summed E-state index contributed by atoms with van der Waals surface area (Å²) >= 11 is 0. The van der Waals surface area contributed by atoms with Crippen LogP contribution in [0.1, 0.15) is 18.1 Å². The maximum Gasteiger partial charge on any atom is 0.416 e. The Morgan fingerprint density at radius 1 is 1.17 bits per heavy atom. The summed E-state index contributed by atoms with van der Waals surface area (Å²) < 4.78 is 39.0. The normalized spacial score (nSPS) is 20.4. The lowest BCUT2D eigenvalue weighted by Gasteiger charge is -2.27. The Bertz CT molecular complexity index is 1130. The van der Waals surface area contributed by atoms with E-state index in [9.17, 15) is 22.8 Å². The van der Waals surface area contributed by atoms with Gasteiger partial charge in [-0.25, -0.2) is 14.9 Å². The predicted octanol–water partition coefficient (Wildman–Crippen LogP) is 2.14. The third-order valence-electron chi connectivity index (χ3n) is 4.59. The molecule has 1 atom stereocenters. The van der Waals surface area contributed by atoms with E-state index >= 15 is 0 Å². The summed E-state index contributed by atoms with van der Waals surface area (Å²) in [5.41, 5.74) is 3.86. The molecule has 8 nitrogen and oxygen atoms in total. The van der Waals surface area contributed by atoms with Gasteiger partial charge in [0.1, 0.15) is 0 Å². The molecule has 2 aromatic carbocycles. The summed E-state index contributed by atoms with van der Waals surface area (Å²) in [7, 11) is 0. The van der Waals surface area contributed by atoms with E-state index in [0.29, 0.717) is 11.3 Å². The number of anilines is 2. The van der Waals surface area contributed by atoms with Gasteiger partial charge >= 0.3 is 6.18 Å². The fraction of sp³-hybridized carbons (Fsp3) is 0.158. The van der Waals surface area contributed by atoms with Crippen LogP contribution in [0.2, 0.25) is 0 Å². The third kappa shape index (κ3) is 3.04. The van der Waals surface area contributed by atoms with E-state index in [4.69, 9.17) is 5.73 Å². The molecular formula is C19H15F3N6O2. The monoisotopic (exact) mass is 416 g/mol. The number of nitrogens with two attached hydrogens (primary N) is 1. The number of carbonyl (C=O) groups is 2. The molecule has 2 heterocycles. The maximum atomic E-state index is 13.1. The van der Waals surface area contributed by atoms with Crippen molar-refractivity contribution in [3.63, 3.8) is 0 Å². The Balaban J connectivity index is 1.78. The summed E-state index contributed by atoms with van der Waals surface area (Å²) in [4.78, 5) is 34.6. The maximum absolute atomic E-state index is 13.1. The van der Waals surface area contributed by atoms with Crippen molar-refractivity contribution in [1.29, 1.82) is 0 Å². The van der Waals surface area contributed by atoms with Crippen LogP contribution >= 0.6 is 0 Å². The fourth-order valence-corrected chi connectivity index (χ4v) is 3.38. The van der Waals surface area contributed by atoms with Gasteiger partial charge in [0.25, 0.3) is 11.6 Å². The number of nitrogens with one attached hydrogen (secondary N) is 2. The number of imide groups is 1. The zero-order valence-corrected chi connectivity index (χ0v) is 15.5. The molecule has 0 radical (unpaired) electrons. The molecule has 0 bridgehead atoms. The van der Waals surface area contributed by atoms with Gasteiger partial charge in [-0.15, -0.1) is 0 Å². The lowest BCUT2D eigenvalue weighted by molar-refractivity contribution is -0.137. The van der Waals surface area contributed by atoms with Crippen molar-refractivity contribution in [1.82, 2.24) is 5.32 Å².